The van der Waals surface area contributed by atoms with Crippen LogP contribution in [0.25, 0.3) is 0 Å². The maximum atomic E-state index is 10.5. The molecule has 0 aliphatic rings. The van der Waals surface area contributed by atoms with Gasteiger partial charge < -0.3 is 19.0 Å². The summed E-state index contributed by atoms with van der Waals surface area (Å²) in [7, 11) is 1.53. The first-order valence-corrected chi connectivity index (χ1v) is 5.02. The van der Waals surface area contributed by atoms with E-state index in [-0.39, 0.29) is 12.5 Å². The van der Waals surface area contributed by atoms with E-state index < -0.39 is 11.9 Å². The third-order valence-electron chi connectivity index (χ3n) is 2.07. The van der Waals surface area contributed by atoms with Crippen molar-refractivity contribution in [2.75, 3.05) is 7.11 Å². The van der Waals surface area contributed by atoms with E-state index in [1.807, 2.05) is 0 Å². The van der Waals surface area contributed by atoms with E-state index in [4.69, 9.17) is 19.0 Å². The number of rotatable bonds is 5. The highest BCUT2D eigenvalue weighted by molar-refractivity contribution is 5.81. The molecule has 1 aromatic heterocycles. The second kappa shape index (κ2) is 5.17. The van der Waals surface area contributed by atoms with E-state index in [9.17, 15) is 4.79 Å². The van der Waals surface area contributed by atoms with Gasteiger partial charge in [0.25, 0.3) is 5.89 Å². The molecule has 2 aromatic rings. The predicted molar refractivity (Wildman–Crippen MR) is 58.6 cm³/mol. The Kier molecular flexibility index (Phi) is 3.42. The topological polar surface area (TPSA) is 94.7 Å². The van der Waals surface area contributed by atoms with Crippen LogP contribution in [0.15, 0.2) is 28.7 Å². The van der Waals surface area contributed by atoms with Gasteiger partial charge in [-0.25, -0.2) is 4.79 Å². The summed E-state index contributed by atoms with van der Waals surface area (Å²) in [5, 5.41) is 15.5. The largest absolute Gasteiger partial charge is 0.493 e. The minimum atomic E-state index is -1.27. The maximum Gasteiger partial charge on any atom is 0.393 e. The highest BCUT2D eigenvalue weighted by Gasteiger charge is 2.13. The Morgan fingerprint density at radius 3 is 2.67 bits per heavy atom. The number of ether oxygens (including phenoxy) is 2. The van der Waals surface area contributed by atoms with Gasteiger partial charge in [-0.15, -0.1) is 10.2 Å². The van der Waals surface area contributed by atoms with Gasteiger partial charge in [0, 0.05) is 0 Å². The third kappa shape index (κ3) is 2.57. The van der Waals surface area contributed by atoms with Crippen LogP contribution in [0.2, 0.25) is 0 Å². The fraction of sp³-hybridized carbons (Fsp3) is 0.182. The molecule has 0 aliphatic heterocycles. The number of hydrogen-bond donors (Lipinski definition) is 1. The van der Waals surface area contributed by atoms with Crippen molar-refractivity contribution >= 4 is 5.97 Å². The fourth-order valence-electron chi connectivity index (χ4n) is 1.28. The summed E-state index contributed by atoms with van der Waals surface area (Å²) in [5.41, 5.74) is 0. The first kappa shape index (κ1) is 11.9. The van der Waals surface area contributed by atoms with Gasteiger partial charge in [-0.3, -0.25) is 0 Å². The van der Waals surface area contributed by atoms with Gasteiger partial charge in [0.15, 0.2) is 18.1 Å². The zero-order valence-corrected chi connectivity index (χ0v) is 9.49. The summed E-state index contributed by atoms with van der Waals surface area (Å²) in [6, 6.07) is 7.05. The van der Waals surface area contributed by atoms with E-state index >= 15 is 0 Å². The monoisotopic (exact) mass is 250 g/mol. The molecular formula is C11H10N2O5. The number of hydrogen-bond acceptors (Lipinski definition) is 6. The van der Waals surface area contributed by atoms with Crippen molar-refractivity contribution in [3.63, 3.8) is 0 Å². The number of methoxy groups -OCH3 is 1. The molecule has 0 radical (unpaired) electrons. The van der Waals surface area contributed by atoms with Crippen LogP contribution in [0, 0.1) is 0 Å². The molecule has 94 valence electrons. The first-order valence-electron chi connectivity index (χ1n) is 5.02. The molecule has 0 amide bonds. The van der Waals surface area contributed by atoms with E-state index in [0.717, 1.165) is 0 Å². The number of carbonyl (C=O) groups is 1. The Morgan fingerprint density at radius 2 is 2.06 bits per heavy atom. The van der Waals surface area contributed by atoms with Gasteiger partial charge in [0.1, 0.15) is 0 Å². The minimum absolute atomic E-state index is 0.0271. The zero-order chi connectivity index (χ0) is 13.0. The third-order valence-corrected chi connectivity index (χ3v) is 2.07. The van der Waals surface area contributed by atoms with Crippen molar-refractivity contribution in [3.05, 3.63) is 36.0 Å². The van der Waals surface area contributed by atoms with Crippen molar-refractivity contribution in [1.82, 2.24) is 10.2 Å². The second-order valence-corrected chi connectivity index (χ2v) is 3.25. The van der Waals surface area contributed by atoms with Crippen molar-refractivity contribution in [3.8, 4) is 11.5 Å². The summed E-state index contributed by atoms with van der Waals surface area (Å²) in [6.07, 6.45) is 0. The lowest BCUT2D eigenvalue weighted by molar-refractivity contribution is 0.0649. The summed E-state index contributed by atoms with van der Waals surface area (Å²) in [6.45, 7) is -0.0271. The number of benzene rings is 1. The second-order valence-electron chi connectivity index (χ2n) is 3.25. The van der Waals surface area contributed by atoms with E-state index in [2.05, 4.69) is 10.2 Å². The molecule has 2 rings (SSSR count). The molecule has 0 aliphatic carbocycles. The number of aromatic carboxylic acids is 1. The quantitative estimate of drug-likeness (QED) is 0.855. The van der Waals surface area contributed by atoms with E-state index in [0.29, 0.717) is 11.5 Å². The fourth-order valence-corrected chi connectivity index (χ4v) is 1.28. The molecule has 1 heterocycles. The highest BCUT2D eigenvalue weighted by atomic mass is 16.5. The van der Waals surface area contributed by atoms with E-state index in [1.165, 1.54) is 7.11 Å². The number of carboxylic acid groups (broad SMARTS) is 1. The molecule has 0 spiro atoms. The van der Waals surface area contributed by atoms with Crippen LogP contribution < -0.4 is 9.47 Å². The molecule has 0 saturated carbocycles. The average molecular weight is 250 g/mol. The summed E-state index contributed by atoms with van der Waals surface area (Å²) in [5.74, 6) is -0.580. The molecule has 0 saturated heterocycles. The smallest absolute Gasteiger partial charge is 0.393 e. The number of aromatic nitrogens is 2. The summed E-state index contributed by atoms with van der Waals surface area (Å²) in [4.78, 5) is 10.5. The average Bonchev–Trinajstić information content (AvgIpc) is 2.85. The van der Waals surface area contributed by atoms with Gasteiger partial charge in [-0.1, -0.05) is 12.1 Å². The minimum Gasteiger partial charge on any atom is -0.493 e. The number of nitrogens with zero attached hydrogens (tertiary/aromatic N) is 2. The maximum absolute atomic E-state index is 10.5. The molecule has 0 atom stereocenters. The molecule has 1 N–H and O–H groups in total. The number of carboxylic acids is 1. The van der Waals surface area contributed by atoms with Crippen LogP contribution >= 0.6 is 0 Å². The Labute approximate surface area is 102 Å². The molecule has 0 unspecified atom stereocenters. The Balaban J connectivity index is 2.04. The van der Waals surface area contributed by atoms with Crippen LogP contribution in [0.1, 0.15) is 16.6 Å². The lowest BCUT2D eigenvalue weighted by atomic mass is 10.3. The van der Waals surface area contributed by atoms with Gasteiger partial charge in [-0.2, -0.15) is 0 Å². The summed E-state index contributed by atoms with van der Waals surface area (Å²) < 4.78 is 15.3. The summed E-state index contributed by atoms with van der Waals surface area (Å²) >= 11 is 0. The SMILES string of the molecule is COc1ccccc1OCc1nnc(C(=O)O)o1. The van der Waals surface area contributed by atoms with Crippen LogP contribution in [0.3, 0.4) is 0 Å². The van der Waals surface area contributed by atoms with Crippen LogP contribution in [0.5, 0.6) is 11.5 Å². The Hall–Kier alpha value is -2.57. The lowest BCUT2D eigenvalue weighted by Gasteiger charge is -2.07. The van der Waals surface area contributed by atoms with Crippen LogP contribution in [0.4, 0.5) is 0 Å². The normalized spacial score (nSPS) is 10.1. The van der Waals surface area contributed by atoms with Crippen LogP contribution in [-0.4, -0.2) is 28.4 Å². The zero-order valence-electron chi connectivity index (χ0n) is 9.49. The van der Waals surface area contributed by atoms with Crippen molar-refractivity contribution in [2.24, 2.45) is 0 Å². The van der Waals surface area contributed by atoms with Crippen molar-refractivity contribution in [2.45, 2.75) is 6.61 Å². The standard InChI is InChI=1S/C11H10N2O5/c1-16-7-4-2-3-5-8(7)17-6-9-12-13-10(18-9)11(14)15/h2-5H,6H2,1H3,(H,14,15). The first-order chi connectivity index (χ1) is 8.70. The molecule has 18 heavy (non-hydrogen) atoms. The van der Waals surface area contributed by atoms with Gasteiger partial charge in [-0.05, 0) is 12.1 Å². The Morgan fingerprint density at radius 1 is 1.33 bits per heavy atom. The molecule has 1 aromatic carbocycles. The lowest BCUT2D eigenvalue weighted by Crippen LogP contribution is -1.97. The predicted octanol–water partition coefficient (Wildman–Crippen LogP) is 1.36. The highest BCUT2D eigenvalue weighted by Crippen LogP contribution is 2.26. The molecule has 0 fully saturated rings. The van der Waals surface area contributed by atoms with Gasteiger partial charge >= 0.3 is 11.9 Å². The number of para-hydroxylation sites is 2. The van der Waals surface area contributed by atoms with Crippen molar-refractivity contribution < 1.29 is 23.8 Å². The Bertz CT molecular complexity index is 552. The molecule has 7 nitrogen and oxygen atoms in total. The van der Waals surface area contributed by atoms with Gasteiger partial charge in [0.05, 0.1) is 7.11 Å². The van der Waals surface area contributed by atoms with E-state index in [1.54, 1.807) is 24.3 Å². The molecular weight excluding hydrogens is 240 g/mol. The molecule has 7 heteroatoms. The van der Waals surface area contributed by atoms with Crippen molar-refractivity contribution in [1.29, 1.82) is 0 Å². The van der Waals surface area contributed by atoms with Crippen LogP contribution in [-0.2, 0) is 6.61 Å². The molecule has 0 bridgehead atoms. The van der Waals surface area contributed by atoms with Gasteiger partial charge in [0.2, 0.25) is 0 Å².